The number of hydrogen-bond donors (Lipinski definition) is 1. The third-order valence-corrected chi connectivity index (χ3v) is 7.05. The predicted molar refractivity (Wildman–Crippen MR) is 122 cm³/mol. The van der Waals surface area contributed by atoms with E-state index in [9.17, 15) is 18.5 Å². The summed E-state index contributed by atoms with van der Waals surface area (Å²) in [6.07, 6.45) is 0. The van der Waals surface area contributed by atoms with Crippen molar-refractivity contribution in [2.75, 3.05) is 26.2 Å². The van der Waals surface area contributed by atoms with Gasteiger partial charge in [-0.2, -0.15) is 9.57 Å². The number of carbonyl (C=O) groups excluding carboxylic acids is 1. The van der Waals surface area contributed by atoms with Crippen LogP contribution in [0, 0.1) is 11.3 Å². The highest BCUT2D eigenvalue weighted by Crippen LogP contribution is 2.34. The molecule has 0 spiro atoms. The Balaban J connectivity index is 1.87. The molecule has 2 amide bonds. The van der Waals surface area contributed by atoms with Gasteiger partial charge in [0, 0.05) is 42.3 Å². The second-order valence-corrected chi connectivity index (χ2v) is 10.3. The number of nitrogens with one attached hydrogen (secondary N) is 1. The highest BCUT2D eigenvalue weighted by molar-refractivity contribution is 7.89. The molecule has 0 radical (unpaired) electrons. The molecule has 8 nitrogen and oxygen atoms in total. The standard InChI is InChI=1S/C21H22Cl2N4O4S/c1-14(2)25-21(28)26-5-7-27(8-6-26)32(29,30)20-9-15(13-24)3-4-19(20)31-18-11-16(22)10-17(23)12-18/h3-4,9-12,14H,5-8H2,1-2H3,(H,25,28). The Morgan fingerprint density at radius 2 is 1.72 bits per heavy atom. The quantitative estimate of drug-likeness (QED) is 0.671. The number of ether oxygens (including phenoxy) is 1. The molecule has 0 unspecified atom stereocenters. The van der Waals surface area contributed by atoms with Crippen LogP contribution < -0.4 is 10.1 Å². The first kappa shape index (κ1) is 24.1. The first-order valence-electron chi connectivity index (χ1n) is 9.84. The number of hydrogen-bond acceptors (Lipinski definition) is 5. The summed E-state index contributed by atoms with van der Waals surface area (Å²) < 4.78 is 33.9. The van der Waals surface area contributed by atoms with E-state index in [-0.39, 0.29) is 60.2 Å². The molecule has 0 aliphatic carbocycles. The average Bonchev–Trinajstić information content (AvgIpc) is 2.73. The van der Waals surface area contributed by atoms with Crippen LogP contribution in [0.5, 0.6) is 11.5 Å². The topological polar surface area (TPSA) is 103 Å². The Morgan fingerprint density at radius 1 is 1.09 bits per heavy atom. The normalized spacial score (nSPS) is 14.8. The van der Waals surface area contributed by atoms with E-state index >= 15 is 0 Å². The number of nitriles is 1. The lowest BCUT2D eigenvalue weighted by Gasteiger charge is -2.34. The number of amides is 2. The zero-order valence-corrected chi connectivity index (χ0v) is 19.8. The molecule has 0 aromatic heterocycles. The molecule has 1 fully saturated rings. The van der Waals surface area contributed by atoms with E-state index in [1.165, 1.54) is 40.7 Å². The first-order valence-corrected chi connectivity index (χ1v) is 12.0. The molecule has 32 heavy (non-hydrogen) atoms. The van der Waals surface area contributed by atoms with Gasteiger partial charge in [-0.25, -0.2) is 13.2 Å². The van der Waals surface area contributed by atoms with E-state index < -0.39 is 10.0 Å². The molecule has 1 aliphatic rings. The maximum atomic E-state index is 13.4. The zero-order chi connectivity index (χ0) is 23.5. The molecule has 3 rings (SSSR count). The molecule has 170 valence electrons. The van der Waals surface area contributed by atoms with Gasteiger partial charge < -0.3 is 15.0 Å². The largest absolute Gasteiger partial charge is 0.456 e. The Hall–Kier alpha value is -2.51. The number of piperazine rings is 1. The monoisotopic (exact) mass is 496 g/mol. The molecule has 0 bridgehead atoms. The molecule has 0 atom stereocenters. The van der Waals surface area contributed by atoms with Gasteiger partial charge in [0.2, 0.25) is 10.0 Å². The number of carbonyl (C=O) groups is 1. The van der Waals surface area contributed by atoms with Gasteiger partial charge >= 0.3 is 6.03 Å². The molecule has 11 heteroatoms. The van der Waals surface area contributed by atoms with Crippen molar-refractivity contribution in [2.45, 2.75) is 24.8 Å². The van der Waals surface area contributed by atoms with E-state index in [0.29, 0.717) is 10.0 Å². The van der Waals surface area contributed by atoms with Crippen LogP contribution in [-0.2, 0) is 10.0 Å². The van der Waals surface area contributed by atoms with Crippen LogP contribution >= 0.6 is 23.2 Å². The van der Waals surface area contributed by atoms with Crippen molar-refractivity contribution in [1.82, 2.24) is 14.5 Å². The van der Waals surface area contributed by atoms with Crippen LogP contribution in [0.2, 0.25) is 10.0 Å². The van der Waals surface area contributed by atoms with E-state index in [0.717, 1.165) is 0 Å². The molecular weight excluding hydrogens is 475 g/mol. The fraction of sp³-hybridized carbons (Fsp3) is 0.333. The first-order chi connectivity index (χ1) is 15.1. The summed E-state index contributed by atoms with van der Waals surface area (Å²) in [4.78, 5) is 13.6. The van der Waals surface area contributed by atoms with Crippen LogP contribution in [0.3, 0.4) is 0 Å². The molecule has 1 saturated heterocycles. The Labute approximate surface area is 197 Å². The number of benzene rings is 2. The van der Waals surface area contributed by atoms with Gasteiger partial charge in [-0.05, 0) is 50.2 Å². The lowest BCUT2D eigenvalue weighted by molar-refractivity contribution is 0.170. The number of halogens is 2. The summed E-state index contributed by atoms with van der Waals surface area (Å²) in [5.74, 6) is 0.307. The van der Waals surface area contributed by atoms with Gasteiger partial charge in [-0.3, -0.25) is 0 Å². The van der Waals surface area contributed by atoms with Crippen LogP contribution in [0.1, 0.15) is 19.4 Å². The molecule has 1 aliphatic heterocycles. The lowest BCUT2D eigenvalue weighted by atomic mass is 10.2. The number of nitrogens with zero attached hydrogens (tertiary/aromatic N) is 3. The fourth-order valence-electron chi connectivity index (χ4n) is 3.19. The van der Waals surface area contributed by atoms with Crippen molar-refractivity contribution in [3.63, 3.8) is 0 Å². The second kappa shape index (κ2) is 9.96. The van der Waals surface area contributed by atoms with Gasteiger partial charge in [-0.15, -0.1) is 0 Å². The maximum Gasteiger partial charge on any atom is 0.317 e. The summed E-state index contributed by atoms with van der Waals surface area (Å²) in [6, 6.07) is 10.4. The van der Waals surface area contributed by atoms with Crippen molar-refractivity contribution in [1.29, 1.82) is 5.26 Å². The molecule has 2 aromatic rings. The summed E-state index contributed by atoms with van der Waals surface area (Å²) >= 11 is 12.0. The second-order valence-electron chi connectivity index (χ2n) is 7.48. The van der Waals surface area contributed by atoms with Gasteiger partial charge in [0.15, 0.2) is 0 Å². The minimum Gasteiger partial charge on any atom is -0.456 e. The maximum absolute atomic E-state index is 13.4. The van der Waals surface area contributed by atoms with E-state index in [4.69, 9.17) is 27.9 Å². The zero-order valence-electron chi connectivity index (χ0n) is 17.5. The molecular formula is C21H22Cl2N4O4S. The van der Waals surface area contributed by atoms with Crippen LogP contribution in [-0.4, -0.2) is 55.9 Å². The van der Waals surface area contributed by atoms with E-state index in [2.05, 4.69) is 5.32 Å². The van der Waals surface area contributed by atoms with Gasteiger partial charge in [0.05, 0.1) is 11.6 Å². The summed E-state index contributed by atoms with van der Waals surface area (Å²) in [5.41, 5.74) is 0.176. The van der Waals surface area contributed by atoms with Gasteiger partial charge in [-0.1, -0.05) is 23.2 Å². The van der Waals surface area contributed by atoms with Crippen molar-refractivity contribution in [2.24, 2.45) is 0 Å². The lowest BCUT2D eigenvalue weighted by Crippen LogP contribution is -2.53. The van der Waals surface area contributed by atoms with Crippen molar-refractivity contribution >= 4 is 39.3 Å². The summed E-state index contributed by atoms with van der Waals surface area (Å²) in [5, 5.41) is 12.7. The molecule has 2 aromatic carbocycles. The molecule has 1 N–H and O–H groups in total. The smallest absolute Gasteiger partial charge is 0.317 e. The third kappa shape index (κ3) is 5.64. The van der Waals surface area contributed by atoms with Crippen LogP contribution in [0.15, 0.2) is 41.3 Å². The van der Waals surface area contributed by atoms with Crippen molar-refractivity contribution < 1.29 is 17.9 Å². The number of urea groups is 1. The predicted octanol–water partition coefficient (Wildman–Crippen LogP) is 4.08. The van der Waals surface area contributed by atoms with Gasteiger partial charge in [0.1, 0.15) is 16.4 Å². The molecule has 0 saturated carbocycles. The average molecular weight is 497 g/mol. The Bertz CT molecular complexity index is 1140. The van der Waals surface area contributed by atoms with E-state index in [1.54, 1.807) is 4.90 Å². The Kier molecular flexibility index (Phi) is 7.51. The van der Waals surface area contributed by atoms with E-state index in [1.807, 2.05) is 19.9 Å². The van der Waals surface area contributed by atoms with Crippen molar-refractivity contribution in [3.8, 4) is 17.6 Å². The summed E-state index contributed by atoms with van der Waals surface area (Å²) in [7, 11) is -4.00. The van der Waals surface area contributed by atoms with Crippen LogP contribution in [0.4, 0.5) is 4.79 Å². The van der Waals surface area contributed by atoms with Crippen LogP contribution in [0.25, 0.3) is 0 Å². The van der Waals surface area contributed by atoms with Crippen molar-refractivity contribution in [3.05, 3.63) is 52.0 Å². The SMILES string of the molecule is CC(C)NC(=O)N1CCN(S(=O)(=O)c2cc(C#N)ccc2Oc2cc(Cl)cc(Cl)c2)CC1. The summed E-state index contributed by atoms with van der Waals surface area (Å²) in [6.45, 7) is 4.44. The minimum atomic E-state index is -4.00. The highest BCUT2D eigenvalue weighted by atomic mass is 35.5. The minimum absolute atomic E-state index is 0.0160. The Morgan fingerprint density at radius 3 is 2.28 bits per heavy atom. The molecule has 1 heterocycles. The van der Waals surface area contributed by atoms with Gasteiger partial charge in [0.25, 0.3) is 0 Å². The number of rotatable bonds is 5. The fourth-order valence-corrected chi connectivity index (χ4v) is 5.25. The highest BCUT2D eigenvalue weighted by Gasteiger charge is 2.32. The number of sulfonamides is 1. The third-order valence-electron chi connectivity index (χ3n) is 4.69.